The van der Waals surface area contributed by atoms with Crippen molar-refractivity contribution in [3.63, 3.8) is 0 Å². The first-order valence-electron chi connectivity index (χ1n) is 9.19. The summed E-state index contributed by atoms with van der Waals surface area (Å²) in [5.41, 5.74) is 1.58. The Bertz CT molecular complexity index is 1390. The summed E-state index contributed by atoms with van der Waals surface area (Å²) >= 11 is 18.8. The number of rotatable bonds is 5. The van der Waals surface area contributed by atoms with E-state index in [0.29, 0.717) is 37.1 Å². The Labute approximate surface area is 203 Å². The number of thioether (sulfide) groups is 1. The molecule has 1 aliphatic heterocycles. The molecule has 12 heteroatoms. The summed E-state index contributed by atoms with van der Waals surface area (Å²) in [5, 5.41) is 3.18. The summed E-state index contributed by atoms with van der Waals surface area (Å²) in [7, 11) is -3.89. The highest BCUT2D eigenvalue weighted by atomic mass is 35.5. The van der Waals surface area contributed by atoms with E-state index >= 15 is 0 Å². The second kappa shape index (κ2) is 8.77. The van der Waals surface area contributed by atoms with Crippen LogP contribution in [0.25, 0.3) is 28.2 Å². The molecule has 1 amide bonds. The Morgan fingerprint density at radius 3 is 2.50 bits per heavy atom. The number of sulfonamides is 1. The first-order valence-corrected chi connectivity index (χ1v) is 12.7. The van der Waals surface area contributed by atoms with Gasteiger partial charge in [-0.3, -0.25) is 9.78 Å². The predicted octanol–water partition coefficient (Wildman–Crippen LogP) is 4.98. The molecule has 1 fully saturated rings. The number of hydrogen-bond acceptors (Lipinski definition) is 7. The lowest BCUT2D eigenvalue weighted by molar-refractivity contribution is -0.115. The van der Waals surface area contributed by atoms with Crippen LogP contribution in [0.15, 0.2) is 44.8 Å². The van der Waals surface area contributed by atoms with Gasteiger partial charge in [-0.2, -0.15) is 0 Å². The number of benzene rings is 1. The van der Waals surface area contributed by atoms with Gasteiger partial charge in [0.25, 0.3) is 5.91 Å². The molecule has 3 aromatic rings. The van der Waals surface area contributed by atoms with Crippen LogP contribution in [-0.2, 0) is 14.8 Å². The molecule has 166 valence electrons. The minimum Gasteiger partial charge on any atom is -0.456 e. The third-order valence-corrected chi connectivity index (χ3v) is 8.07. The molecule has 7 nitrogen and oxygen atoms in total. The minimum atomic E-state index is -3.89. The molecule has 2 aromatic heterocycles. The van der Waals surface area contributed by atoms with Gasteiger partial charge < -0.3 is 9.73 Å². The van der Waals surface area contributed by atoms with Crippen molar-refractivity contribution in [1.29, 1.82) is 0 Å². The number of aromatic nitrogens is 1. The van der Waals surface area contributed by atoms with Gasteiger partial charge in [-0.05, 0) is 37.6 Å². The lowest BCUT2D eigenvalue weighted by Crippen LogP contribution is -2.30. The number of fused-ring (bicyclic) bond motifs is 1. The molecule has 1 aliphatic rings. The van der Waals surface area contributed by atoms with Crippen LogP contribution in [0.2, 0.25) is 10.0 Å². The number of carbonyl (C=O) groups excluding carboxylic acids is 1. The summed E-state index contributed by atoms with van der Waals surface area (Å²) in [6, 6.07) is 4.41. The fourth-order valence-electron chi connectivity index (χ4n) is 3.15. The van der Waals surface area contributed by atoms with Gasteiger partial charge in [0, 0.05) is 35.5 Å². The Balaban J connectivity index is 1.79. The van der Waals surface area contributed by atoms with Crippen molar-refractivity contribution in [2.75, 3.05) is 0 Å². The van der Waals surface area contributed by atoms with Crippen LogP contribution in [-0.4, -0.2) is 29.7 Å². The minimum absolute atomic E-state index is 0.0286. The fraction of sp³-hybridized carbons (Fsp3) is 0.150. The van der Waals surface area contributed by atoms with Gasteiger partial charge in [0.2, 0.25) is 10.0 Å². The average molecular weight is 528 g/mol. The SMILES string of the molecule is CC(C)NS(=O)(=O)c1c(Cl)cc(-c2cncc3cc(/C=C4\SC(=S)NC4=O)oc23)cc1Cl. The maximum absolute atomic E-state index is 12.6. The van der Waals surface area contributed by atoms with E-state index in [1.54, 1.807) is 38.4 Å². The molecule has 4 rings (SSSR count). The normalized spacial score (nSPS) is 15.8. The average Bonchev–Trinajstić information content (AvgIpc) is 3.21. The number of hydrogen-bond donors (Lipinski definition) is 2. The predicted molar refractivity (Wildman–Crippen MR) is 131 cm³/mol. The molecule has 1 saturated heterocycles. The van der Waals surface area contributed by atoms with Crippen LogP contribution in [0.4, 0.5) is 0 Å². The van der Waals surface area contributed by atoms with E-state index in [1.165, 1.54) is 12.1 Å². The molecule has 0 spiro atoms. The van der Waals surface area contributed by atoms with E-state index in [-0.39, 0.29) is 26.9 Å². The lowest BCUT2D eigenvalue weighted by atomic mass is 10.1. The van der Waals surface area contributed by atoms with Crippen molar-refractivity contribution in [2.45, 2.75) is 24.8 Å². The van der Waals surface area contributed by atoms with Gasteiger partial charge in [0.05, 0.1) is 15.0 Å². The third-order valence-electron chi connectivity index (χ3n) is 4.33. The Kier molecular flexibility index (Phi) is 6.36. The van der Waals surface area contributed by atoms with E-state index in [1.807, 2.05) is 0 Å². The maximum Gasteiger partial charge on any atom is 0.263 e. The summed E-state index contributed by atoms with van der Waals surface area (Å²) < 4.78 is 34.0. The molecule has 0 aliphatic carbocycles. The van der Waals surface area contributed by atoms with Gasteiger partial charge in [0.15, 0.2) is 0 Å². The van der Waals surface area contributed by atoms with E-state index in [4.69, 9.17) is 39.8 Å². The molecule has 3 heterocycles. The maximum atomic E-state index is 12.6. The number of nitrogens with one attached hydrogen (secondary N) is 2. The summed E-state index contributed by atoms with van der Waals surface area (Å²) in [6.45, 7) is 3.40. The van der Waals surface area contributed by atoms with E-state index in [9.17, 15) is 13.2 Å². The van der Waals surface area contributed by atoms with E-state index in [0.717, 1.165) is 11.8 Å². The molecule has 0 unspecified atom stereocenters. The van der Waals surface area contributed by atoms with Crippen LogP contribution >= 0.6 is 47.2 Å². The van der Waals surface area contributed by atoms with Crippen molar-refractivity contribution in [1.82, 2.24) is 15.0 Å². The Morgan fingerprint density at radius 2 is 1.91 bits per heavy atom. The first-order chi connectivity index (χ1) is 15.0. The Morgan fingerprint density at radius 1 is 1.22 bits per heavy atom. The van der Waals surface area contributed by atoms with Gasteiger partial charge >= 0.3 is 0 Å². The summed E-state index contributed by atoms with van der Waals surface area (Å²) in [4.78, 5) is 16.4. The van der Waals surface area contributed by atoms with Gasteiger partial charge in [-0.1, -0.05) is 47.2 Å². The molecule has 32 heavy (non-hydrogen) atoms. The van der Waals surface area contributed by atoms with Crippen LogP contribution in [0.5, 0.6) is 0 Å². The highest BCUT2D eigenvalue weighted by Crippen LogP contribution is 2.38. The van der Waals surface area contributed by atoms with E-state index in [2.05, 4.69) is 15.0 Å². The second-order valence-electron chi connectivity index (χ2n) is 7.15. The summed E-state index contributed by atoms with van der Waals surface area (Å²) in [6.07, 6.45) is 4.78. The number of amides is 1. The molecule has 2 N–H and O–H groups in total. The molecule has 0 radical (unpaired) electrons. The van der Waals surface area contributed by atoms with Crippen LogP contribution < -0.4 is 10.0 Å². The molecular weight excluding hydrogens is 513 g/mol. The largest absolute Gasteiger partial charge is 0.456 e. The molecular formula is C20H15Cl2N3O4S3. The highest BCUT2D eigenvalue weighted by molar-refractivity contribution is 8.26. The molecule has 0 bridgehead atoms. The smallest absolute Gasteiger partial charge is 0.263 e. The number of carbonyl (C=O) groups is 1. The second-order valence-corrected chi connectivity index (χ2v) is 11.3. The zero-order valence-corrected chi connectivity index (χ0v) is 20.6. The van der Waals surface area contributed by atoms with Crippen LogP contribution in [0.1, 0.15) is 19.6 Å². The number of nitrogens with zero attached hydrogens (tertiary/aromatic N) is 1. The van der Waals surface area contributed by atoms with Crippen molar-refractivity contribution in [3.05, 3.63) is 51.3 Å². The van der Waals surface area contributed by atoms with Crippen molar-refractivity contribution < 1.29 is 17.6 Å². The lowest BCUT2D eigenvalue weighted by Gasteiger charge is -2.14. The van der Waals surface area contributed by atoms with Gasteiger partial charge in [-0.15, -0.1) is 0 Å². The topological polar surface area (TPSA) is 101 Å². The van der Waals surface area contributed by atoms with Crippen molar-refractivity contribution in [2.24, 2.45) is 0 Å². The first kappa shape index (κ1) is 23.2. The number of pyridine rings is 1. The zero-order chi connectivity index (χ0) is 23.2. The zero-order valence-electron chi connectivity index (χ0n) is 16.6. The number of halogens is 2. The molecule has 1 aromatic carbocycles. The fourth-order valence-corrected chi connectivity index (χ4v) is 6.64. The van der Waals surface area contributed by atoms with Crippen molar-refractivity contribution >= 4 is 84.5 Å². The Hall–Kier alpha value is -1.95. The van der Waals surface area contributed by atoms with Gasteiger partial charge in [-0.25, -0.2) is 13.1 Å². The highest BCUT2D eigenvalue weighted by Gasteiger charge is 2.25. The van der Waals surface area contributed by atoms with E-state index < -0.39 is 10.0 Å². The van der Waals surface area contributed by atoms with Gasteiger partial charge in [0.1, 0.15) is 20.6 Å². The molecule has 0 atom stereocenters. The van der Waals surface area contributed by atoms with Crippen LogP contribution in [0.3, 0.4) is 0 Å². The van der Waals surface area contributed by atoms with Crippen LogP contribution in [0, 0.1) is 0 Å². The standard InChI is InChI=1S/C20H15Cl2N3O4S3/c1-9(2)25-32(27,28)18-14(21)4-10(5-15(18)22)13-8-23-7-11-3-12(29-17(11)13)6-16-19(26)24-20(30)31-16/h3-9,25H,1-2H3,(H,24,26,30)/b16-6-. The number of furan rings is 1. The monoisotopic (exact) mass is 527 g/mol. The molecule has 0 saturated carbocycles. The number of thiocarbonyl (C=S) groups is 1. The third kappa shape index (κ3) is 4.57. The summed E-state index contributed by atoms with van der Waals surface area (Å²) in [5.74, 6) is 0.151. The quantitative estimate of drug-likeness (QED) is 0.356. The van der Waals surface area contributed by atoms with Crippen molar-refractivity contribution in [3.8, 4) is 11.1 Å².